The third-order valence-electron chi connectivity index (χ3n) is 6.49. The molecule has 3 aromatic rings. The molecule has 0 spiro atoms. The molecule has 2 aromatic carbocycles. The summed E-state index contributed by atoms with van der Waals surface area (Å²) in [5, 5.41) is 0. The van der Waals surface area contributed by atoms with Crippen molar-refractivity contribution in [1.82, 2.24) is 9.97 Å². The average Bonchev–Trinajstić information content (AvgIpc) is 2.84. The second kappa shape index (κ2) is 10.1. The number of hydrogen-bond donors (Lipinski definition) is 0. The van der Waals surface area contributed by atoms with Crippen LogP contribution in [0.15, 0.2) is 66.7 Å². The van der Waals surface area contributed by atoms with E-state index in [9.17, 15) is 4.39 Å². The Morgan fingerprint density at radius 3 is 2.58 bits per heavy atom. The molecule has 0 bridgehead atoms. The summed E-state index contributed by atoms with van der Waals surface area (Å²) in [7, 11) is 0. The lowest BCUT2D eigenvalue weighted by atomic mass is 9.90. The number of benzene rings is 2. The molecule has 1 aromatic heterocycles. The molecule has 4 nitrogen and oxygen atoms in total. The van der Waals surface area contributed by atoms with Crippen molar-refractivity contribution in [1.29, 1.82) is 0 Å². The van der Waals surface area contributed by atoms with Crippen LogP contribution in [0.4, 0.5) is 10.1 Å². The van der Waals surface area contributed by atoms with E-state index < -0.39 is 0 Å². The molecule has 33 heavy (non-hydrogen) atoms. The zero-order valence-corrected chi connectivity index (χ0v) is 19.7. The zero-order valence-electron chi connectivity index (χ0n) is 19.7. The van der Waals surface area contributed by atoms with E-state index in [0.717, 1.165) is 46.7 Å². The van der Waals surface area contributed by atoms with Crippen LogP contribution >= 0.6 is 0 Å². The van der Waals surface area contributed by atoms with Crippen LogP contribution in [-0.2, 0) is 0 Å². The predicted octanol–water partition coefficient (Wildman–Crippen LogP) is 6.36. The maximum Gasteiger partial charge on any atom is 0.127 e. The van der Waals surface area contributed by atoms with E-state index >= 15 is 0 Å². The number of aliphatic imine (C=N–C) groups is 1. The summed E-state index contributed by atoms with van der Waals surface area (Å²) in [4.78, 5) is 15.5. The molecule has 0 saturated carbocycles. The Bertz CT molecular complexity index is 1180. The molecule has 0 aliphatic carbocycles. The molecular formula is C28H31FN4. The summed E-state index contributed by atoms with van der Waals surface area (Å²) >= 11 is 0. The monoisotopic (exact) mass is 442 g/mol. The molecular weight excluding hydrogens is 411 g/mol. The number of halogens is 1. The summed E-state index contributed by atoms with van der Waals surface area (Å²) in [5.74, 6) is -0.458. The van der Waals surface area contributed by atoms with E-state index in [2.05, 4.69) is 51.6 Å². The summed E-state index contributed by atoms with van der Waals surface area (Å²) in [6.45, 7) is 12.1. The average molecular weight is 443 g/mol. The van der Waals surface area contributed by atoms with E-state index in [1.165, 1.54) is 37.3 Å². The Morgan fingerprint density at radius 2 is 1.88 bits per heavy atom. The first-order valence-electron chi connectivity index (χ1n) is 11.6. The lowest BCUT2D eigenvalue weighted by molar-refractivity contribution is 0.578. The molecule has 1 atom stereocenters. The molecule has 0 amide bonds. The smallest absolute Gasteiger partial charge is 0.127 e. The lowest BCUT2D eigenvalue weighted by Crippen LogP contribution is -2.29. The number of nitrogens with zero attached hydrogens (tertiary/aromatic N) is 4. The van der Waals surface area contributed by atoms with Crippen molar-refractivity contribution in [3.05, 3.63) is 101 Å². The molecule has 1 unspecified atom stereocenters. The molecule has 0 radical (unpaired) electrons. The molecule has 4 rings (SSSR count). The maximum atomic E-state index is 14.9. The number of aromatic nitrogens is 2. The van der Waals surface area contributed by atoms with Gasteiger partial charge in [0.2, 0.25) is 0 Å². The molecule has 1 saturated heterocycles. The van der Waals surface area contributed by atoms with Crippen molar-refractivity contribution in [3.8, 4) is 0 Å². The topological polar surface area (TPSA) is 41.4 Å². The Morgan fingerprint density at radius 1 is 1.09 bits per heavy atom. The van der Waals surface area contributed by atoms with Crippen molar-refractivity contribution in [2.45, 2.75) is 46.0 Å². The van der Waals surface area contributed by atoms with Gasteiger partial charge in [-0.1, -0.05) is 19.6 Å². The normalized spacial score (nSPS) is 15.4. The summed E-state index contributed by atoms with van der Waals surface area (Å²) in [6.07, 6.45) is 8.62. The van der Waals surface area contributed by atoms with E-state index in [1.807, 2.05) is 19.9 Å². The van der Waals surface area contributed by atoms with Crippen LogP contribution in [0, 0.1) is 19.7 Å². The van der Waals surface area contributed by atoms with Gasteiger partial charge < -0.3 is 4.90 Å². The first-order valence-corrected chi connectivity index (χ1v) is 11.6. The Balaban J connectivity index is 1.72. The fourth-order valence-electron chi connectivity index (χ4n) is 4.69. The van der Waals surface area contributed by atoms with Gasteiger partial charge in [0.1, 0.15) is 12.1 Å². The van der Waals surface area contributed by atoms with Crippen LogP contribution in [0.1, 0.15) is 65.6 Å². The van der Waals surface area contributed by atoms with Gasteiger partial charge in [-0.15, -0.1) is 0 Å². The highest BCUT2D eigenvalue weighted by atomic mass is 19.1. The van der Waals surface area contributed by atoms with Crippen LogP contribution in [0.5, 0.6) is 0 Å². The number of aryl methyl sites for hydroxylation is 2. The number of hydrogen-bond acceptors (Lipinski definition) is 4. The van der Waals surface area contributed by atoms with E-state index in [0.29, 0.717) is 5.56 Å². The minimum atomic E-state index is -0.251. The van der Waals surface area contributed by atoms with E-state index in [1.54, 1.807) is 18.5 Å². The zero-order chi connectivity index (χ0) is 23.4. The minimum absolute atomic E-state index is 0.208. The second-order valence-corrected chi connectivity index (χ2v) is 8.76. The largest absolute Gasteiger partial charge is 0.372 e. The number of rotatable bonds is 6. The predicted molar refractivity (Wildman–Crippen MR) is 134 cm³/mol. The molecule has 1 aliphatic heterocycles. The van der Waals surface area contributed by atoms with Crippen molar-refractivity contribution in [2.75, 3.05) is 18.0 Å². The third kappa shape index (κ3) is 4.87. The van der Waals surface area contributed by atoms with Crippen LogP contribution in [0.2, 0.25) is 0 Å². The van der Waals surface area contributed by atoms with Crippen LogP contribution in [0.25, 0.3) is 0 Å². The molecule has 170 valence electrons. The molecule has 1 aliphatic rings. The SMILES string of the molecule is C=C/N=C(/c1ccc(F)c(C(C)c2ncncc2C)c1)c1ccc(N2CCCCC2)cc1C. The van der Waals surface area contributed by atoms with Gasteiger partial charge in [-0.3, -0.25) is 4.99 Å². The van der Waals surface area contributed by atoms with Crippen LogP contribution in [-0.4, -0.2) is 28.8 Å². The standard InChI is InChI=1S/C28H31FN4/c1-5-31-28(24-11-10-23(15-19(24)2)33-13-7-6-8-14-33)22-9-12-26(29)25(16-22)21(4)27-20(3)17-30-18-32-27/h5,9-12,15-18,21H,1,6-8,13-14H2,2-4H3/b31-28-. The van der Waals surface area contributed by atoms with Gasteiger partial charge in [-0.05, 0) is 80.1 Å². The molecule has 5 heteroatoms. The highest BCUT2D eigenvalue weighted by Gasteiger charge is 2.20. The highest BCUT2D eigenvalue weighted by molar-refractivity contribution is 6.14. The quantitative estimate of drug-likeness (QED) is 0.417. The third-order valence-corrected chi connectivity index (χ3v) is 6.49. The fourth-order valence-corrected chi connectivity index (χ4v) is 4.69. The lowest BCUT2D eigenvalue weighted by Gasteiger charge is -2.29. The first-order chi connectivity index (χ1) is 16.0. The van der Waals surface area contributed by atoms with E-state index in [4.69, 9.17) is 0 Å². The molecule has 0 N–H and O–H groups in total. The van der Waals surface area contributed by atoms with Crippen molar-refractivity contribution < 1.29 is 4.39 Å². The van der Waals surface area contributed by atoms with Gasteiger partial charge in [0.05, 0.1) is 11.4 Å². The van der Waals surface area contributed by atoms with Gasteiger partial charge in [-0.2, -0.15) is 0 Å². The van der Waals surface area contributed by atoms with Crippen molar-refractivity contribution in [3.63, 3.8) is 0 Å². The summed E-state index contributed by atoms with van der Waals surface area (Å²) in [5.41, 5.74) is 7.43. The van der Waals surface area contributed by atoms with Crippen molar-refractivity contribution >= 4 is 11.4 Å². The van der Waals surface area contributed by atoms with Gasteiger partial charge >= 0.3 is 0 Å². The van der Waals surface area contributed by atoms with Gasteiger partial charge in [-0.25, -0.2) is 14.4 Å². The Hall–Kier alpha value is -3.34. The van der Waals surface area contributed by atoms with Crippen LogP contribution < -0.4 is 4.90 Å². The highest BCUT2D eigenvalue weighted by Crippen LogP contribution is 2.30. The molecule has 1 fully saturated rings. The summed E-state index contributed by atoms with van der Waals surface area (Å²) in [6, 6.07) is 11.7. The first kappa shape index (κ1) is 22.8. The Kier molecular flexibility index (Phi) is 6.97. The summed E-state index contributed by atoms with van der Waals surface area (Å²) < 4.78 is 14.9. The number of piperidine rings is 1. The Labute approximate surface area is 195 Å². The van der Waals surface area contributed by atoms with Crippen molar-refractivity contribution in [2.24, 2.45) is 4.99 Å². The fraction of sp³-hybridized carbons (Fsp3) is 0.321. The van der Waals surface area contributed by atoms with Gasteiger partial charge in [0.15, 0.2) is 0 Å². The number of anilines is 1. The minimum Gasteiger partial charge on any atom is -0.372 e. The van der Waals surface area contributed by atoms with E-state index in [-0.39, 0.29) is 11.7 Å². The van der Waals surface area contributed by atoms with Gasteiger partial charge in [0.25, 0.3) is 0 Å². The maximum absolute atomic E-state index is 14.9. The van der Waals surface area contributed by atoms with Crippen LogP contribution in [0.3, 0.4) is 0 Å². The van der Waals surface area contributed by atoms with Gasteiger partial charge in [0, 0.05) is 48.2 Å². The molecule has 2 heterocycles. The second-order valence-electron chi connectivity index (χ2n) is 8.76.